The first-order chi connectivity index (χ1) is 15.6. The third-order valence-electron chi connectivity index (χ3n) is 4.81. The summed E-state index contributed by atoms with van der Waals surface area (Å²) in [5.41, 5.74) is 1.93. The van der Waals surface area contributed by atoms with Crippen LogP contribution in [-0.2, 0) is 5.41 Å². The summed E-state index contributed by atoms with van der Waals surface area (Å²) in [4.78, 5) is 0. The van der Waals surface area contributed by atoms with Gasteiger partial charge in [0.05, 0.1) is 0 Å². The van der Waals surface area contributed by atoms with Crippen LogP contribution in [0, 0.1) is 0 Å². The van der Waals surface area contributed by atoms with Crippen molar-refractivity contribution in [3.8, 4) is 11.5 Å². The van der Waals surface area contributed by atoms with Gasteiger partial charge in [0, 0.05) is 17.7 Å². The summed E-state index contributed by atoms with van der Waals surface area (Å²) in [5, 5.41) is 13.4. The van der Waals surface area contributed by atoms with E-state index in [0.717, 1.165) is 5.57 Å². The molecule has 0 aliphatic heterocycles. The van der Waals surface area contributed by atoms with Gasteiger partial charge in [-0.2, -0.15) is 0 Å². The first kappa shape index (κ1) is 27.6. The Morgan fingerprint density at radius 2 is 1.67 bits per heavy atom. The normalized spacial score (nSPS) is 13.1. The van der Waals surface area contributed by atoms with E-state index in [-0.39, 0.29) is 11.5 Å². The number of phenolic OH excluding ortho intramolecular Hbond substituents is 1. The highest BCUT2D eigenvalue weighted by atomic mass is 19.4. The highest BCUT2D eigenvalue weighted by Gasteiger charge is 2.37. The molecule has 6 heteroatoms. The lowest BCUT2D eigenvalue weighted by Gasteiger charge is -2.37. The Morgan fingerprint density at radius 3 is 2.18 bits per heavy atom. The van der Waals surface area contributed by atoms with Crippen LogP contribution in [-0.4, -0.2) is 18.0 Å². The van der Waals surface area contributed by atoms with Gasteiger partial charge in [-0.05, 0) is 54.3 Å². The maximum absolute atomic E-state index is 12.9. The number of halogens is 3. The zero-order chi connectivity index (χ0) is 25.1. The predicted molar refractivity (Wildman–Crippen MR) is 129 cm³/mol. The third-order valence-corrected chi connectivity index (χ3v) is 4.81. The standard InChI is InChI=1S/C25H26F3NO2.C2H6/c1-5-9-19(6-2)16-24(17-29-18(3)4,20-10-7-12-22(30)14-20)21-11-8-13-23(15-21)31-25(26,27)28;1-2/h5-15,29-30H,1-3,16-17H2,4H3;1-2H3/b19-9+;. The van der Waals surface area contributed by atoms with E-state index in [4.69, 9.17) is 0 Å². The van der Waals surface area contributed by atoms with Crippen LogP contribution in [0.15, 0.2) is 97.8 Å². The van der Waals surface area contributed by atoms with Gasteiger partial charge in [-0.3, -0.25) is 0 Å². The summed E-state index contributed by atoms with van der Waals surface area (Å²) in [6.07, 6.45) is 0.663. The summed E-state index contributed by atoms with van der Waals surface area (Å²) in [7, 11) is 0. The van der Waals surface area contributed by atoms with Crippen molar-refractivity contribution in [1.82, 2.24) is 5.32 Å². The van der Waals surface area contributed by atoms with Gasteiger partial charge in [0.25, 0.3) is 0 Å². The van der Waals surface area contributed by atoms with Gasteiger partial charge < -0.3 is 15.2 Å². The van der Waals surface area contributed by atoms with Gasteiger partial charge in [0.1, 0.15) is 11.5 Å². The molecule has 0 aliphatic carbocycles. The summed E-state index contributed by atoms with van der Waals surface area (Å²) in [6, 6.07) is 12.5. The van der Waals surface area contributed by atoms with E-state index < -0.39 is 11.8 Å². The largest absolute Gasteiger partial charge is 0.573 e. The molecule has 3 nitrogen and oxygen atoms in total. The average molecular weight is 460 g/mol. The van der Waals surface area contributed by atoms with Gasteiger partial charge in [-0.25, -0.2) is 0 Å². The molecule has 0 bridgehead atoms. The molecular weight excluding hydrogens is 427 g/mol. The second-order valence-electron chi connectivity index (χ2n) is 7.20. The van der Waals surface area contributed by atoms with Crippen LogP contribution >= 0.6 is 0 Å². The lowest BCUT2D eigenvalue weighted by molar-refractivity contribution is -0.274. The highest BCUT2D eigenvalue weighted by molar-refractivity contribution is 5.48. The Bertz CT molecular complexity index is 979. The van der Waals surface area contributed by atoms with Crippen LogP contribution in [0.3, 0.4) is 0 Å². The first-order valence-electron chi connectivity index (χ1n) is 10.6. The minimum Gasteiger partial charge on any atom is -0.508 e. The Hall–Kier alpha value is -3.41. The molecule has 0 heterocycles. The van der Waals surface area contributed by atoms with E-state index in [1.807, 2.05) is 19.9 Å². The number of phenols is 1. The summed E-state index contributed by atoms with van der Waals surface area (Å²) in [5.74, 6) is -0.273. The molecule has 0 radical (unpaired) electrons. The maximum atomic E-state index is 12.9. The first-order valence-corrected chi connectivity index (χ1v) is 10.6. The fourth-order valence-corrected chi connectivity index (χ4v) is 3.43. The van der Waals surface area contributed by atoms with Crippen molar-refractivity contribution >= 4 is 0 Å². The predicted octanol–water partition coefficient (Wildman–Crippen LogP) is 7.41. The molecule has 0 fully saturated rings. The topological polar surface area (TPSA) is 41.5 Å². The van der Waals surface area contributed by atoms with Gasteiger partial charge in [-0.1, -0.05) is 76.1 Å². The molecule has 0 aliphatic rings. The number of benzene rings is 2. The van der Waals surface area contributed by atoms with Crippen molar-refractivity contribution in [3.05, 3.63) is 109 Å². The minimum atomic E-state index is -4.81. The minimum absolute atomic E-state index is 0.0488. The van der Waals surface area contributed by atoms with Crippen molar-refractivity contribution in [2.24, 2.45) is 0 Å². The molecule has 2 rings (SSSR count). The lowest BCUT2D eigenvalue weighted by Crippen LogP contribution is -2.39. The van der Waals surface area contributed by atoms with E-state index in [1.54, 1.807) is 43.4 Å². The molecular formula is C27H32F3NO2. The van der Waals surface area contributed by atoms with Crippen LogP contribution in [0.5, 0.6) is 11.5 Å². The molecule has 0 spiro atoms. The SMILES string of the molecule is C=C/C=C(\C=C)CC(CNC(=C)C)(c1cccc(O)c1)c1cccc(OC(F)(F)F)c1.CC. The number of hydrogen-bond acceptors (Lipinski definition) is 3. The number of alkyl halides is 3. The molecule has 1 unspecified atom stereocenters. The van der Waals surface area contributed by atoms with E-state index in [1.165, 1.54) is 24.3 Å². The Labute approximate surface area is 194 Å². The fraction of sp³-hybridized carbons (Fsp3) is 0.259. The zero-order valence-electron chi connectivity index (χ0n) is 19.4. The summed E-state index contributed by atoms with van der Waals surface area (Å²) < 4.78 is 42.7. The van der Waals surface area contributed by atoms with Gasteiger partial charge >= 0.3 is 6.36 Å². The second-order valence-corrected chi connectivity index (χ2v) is 7.20. The number of allylic oxidation sites excluding steroid dienone is 5. The molecule has 0 saturated carbocycles. The zero-order valence-corrected chi connectivity index (χ0v) is 19.4. The monoisotopic (exact) mass is 459 g/mol. The fourth-order valence-electron chi connectivity index (χ4n) is 3.43. The van der Waals surface area contributed by atoms with Crippen LogP contribution in [0.25, 0.3) is 0 Å². The maximum Gasteiger partial charge on any atom is 0.573 e. The number of ether oxygens (including phenoxy) is 1. The van der Waals surface area contributed by atoms with Gasteiger partial charge in [0.15, 0.2) is 0 Å². The van der Waals surface area contributed by atoms with Crippen molar-refractivity contribution in [3.63, 3.8) is 0 Å². The van der Waals surface area contributed by atoms with Crippen molar-refractivity contribution in [2.75, 3.05) is 6.54 Å². The van der Waals surface area contributed by atoms with Crippen LogP contribution in [0.1, 0.15) is 38.3 Å². The molecule has 33 heavy (non-hydrogen) atoms. The second kappa shape index (κ2) is 12.6. The van der Waals surface area contributed by atoms with Crippen LogP contribution < -0.4 is 10.1 Å². The molecule has 2 aromatic carbocycles. The van der Waals surface area contributed by atoms with E-state index in [9.17, 15) is 18.3 Å². The molecule has 178 valence electrons. The molecule has 2 N–H and O–H groups in total. The van der Waals surface area contributed by atoms with Crippen LogP contribution in [0.2, 0.25) is 0 Å². The number of rotatable bonds is 10. The van der Waals surface area contributed by atoms with E-state index in [2.05, 4.69) is 29.8 Å². The number of nitrogens with one attached hydrogen (secondary N) is 1. The lowest BCUT2D eigenvalue weighted by atomic mass is 9.70. The van der Waals surface area contributed by atoms with Crippen molar-refractivity contribution in [2.45, 2.75) is 39.0 Å². The Kier molecular flexibility index (Phi) is 10.5. The van der Waals surface area contributed by atoms with Gasteiger partial charge in [0.2, 0.25) is 0 Å². The smallest absolute Gasteiger partial charge is 0.508 e. The Morgan fingerprint density at radius 1 is 1.06 bits per heavy atom. The molecule has 2 aromatic rings. The van der Waals surface area contributed by atoms with Gasteiger partial charge in [-0.15, -0.1) is 13.2 Å². The molecule has 0 saturated heterocycles. The van der Waals surface area contributed by atoms with Crippen molar-refractivity contribution in [1.29, 1.82) is 0 Å². The number of aromatic hydroxyl groups is 1. The van der Waals surface area contributed by atoms with E-state index in [0.29, 0.717) is 29.8 Å². The van der Waals surface area contributed by atoms with Crippen LogP contribution in [0.4, 0.5) is 13.2 Å². The van der Waals surface area contributed by atoms with E-state index >= 15 is 0 Å². The molecule has 1 atom stereocenters. The highest BCUT2D eigenvalue weighted by Crippen LogP contribution is 2.41. The third kappa shape index (κ3) is 8.22. The number of hydrogen-bond donors (Lipinski definition) is 2. The quantitative estimate of drug-likeness (QED) is 0.363. The Balaban J connectivity index is 0.00000265. The summed E-state index contributed by atoms with van der Waals surface area (Å²) >= 11 is 0. The average Bonchev–Trinajstić information content (AvgIpc) is 2.76. The molecule has 0 amide bonds. The molecule has 0 aromatic heterocycles. The summed E-state index contributed by atoms with van der Waals surface area (Å²) in [6.45, 7) is 17.6. The van der Waals surface area contributed by atoms with Crippen molar-refractivity contribution < 1.29 is 23.0 Å².